The summed E-state index contributed by atoms with van der Waals surface area (Å²) in [5.74, 6) is 8.82. The van der Waals surface area contributed by atoms with Crippen molar-refractivity contribution in [1.82, 2.24) is 14.9 Å². The van der Waals surface area contributed by atoms with Crippen molar-refractivity contribution in [3.8, 4) is 11.5 Å². The lowest BCUT2D eigenvalue weighted by Crippen LogP contribution is -2.56. The Hall–Kier alpha value is -3.78. The molecule has 2 N–H and O–H groups in total. The van der Waals surface area contributed by atoms with Gasteiger partial charge in [0.1, 0.15) is 23.1 Å². The minimum Gasteiger partial charge on any atom is -0.494 e. The van der Waals surface area contributed by atoms with Gasteiger partial charge in [-0.15, -0.1) is 0 Å². The zero-order valence-corrected chi connectivity index (χ0v) is 26.4. The molecule has 4 heterocycles. The largest absolute Gasteiger partial charge is 0.494 e. The Morgan fingerprint density at radius 2 is 1.40 bits per heavy atom. The number of hydrogen-bond acceptors (Lipinski definition) is 8. The molecule has 0 bridgehead atoms. The van der Waals surface area contributed by atoms with Crippen molar-refractivity contribution in [1.29, 1.82) is 0 Å². The van der Waals surface area contributed by atoms with Crippen molar-refractivity contribution < 1.29 is 35.8 Å². The molecule has 2 unspecified atom stereocenters. The standard InChI is InChI=1S/C33H40F6N6O2/c1-3-46-27-15-22(16-28(18-27)47-4-2)21-43-12-9-23(10-13-43)29-17-26(45(40)31-8-6-25(20-42-31)33(37,38)39)11-14-44(29)30-7-5-24(19-41-30)32(34,35)36/h5-8,15-16,18-20,23,26,29H,3-4,9-14,17,21,40H2,1-2H3. The number of ether oxygens (including phenoxy) is 2. The van der Waals surface area contributed by atoms with Crippen molar-refractivity contribution in [2.45, 2.75) is 70.5 Å². The summed E-state index contributed by atoms with van der Waals surface area (Å²) in [6, 6.07) is 10.2. The van der Waals surface area contributed by atoms with Crippen LogP contribution in [0.15, 0.2) is 54.9 Å². The van der Waals surface area contributed by atoms with Gasteiger partial charge < -0.3 is 14.4 Å². The zero-order valence-electron chi connectivity index (χ0n) is 26.4. The van der Waals surface area contributed by atoms with Crippen molar-refractivity contribution in [2.75, 3.05) is 42.8 Å². The molecule has 2 aliphatic heterocycles. The fourth-order valence-corrected chi connectivity index (χ4v) is 6.55. The van der Waals surface area contributed by atoms with Gasteiger partial charge in [0.15, 0.2) is 0 Å². The smallest absolute Gasteiger partial charge is 0.417 e. The first kappa shape index (κ1) is 34.6. The topological polar surface area (TPSA) is 80.0 Å². The van der Waals surface area contributed by atoms with E-state index in [1.165, 1.54) is 17.1 Å². The number of piperidine rings is 2. The fraction of sp³-hybridized carbons (Fsp3) is 0.515. The summed E-state index contributed by atoms with van der Waals surface area (Å²) in [7, 11) is 0. The highest BCUT2D eigenvalue weighted by molar-refractivity contribution is 5.45. The van der Waals surface area contributed by atoms with E-state index in [0.29, 0.717) is 45.0 Å². The number of anilines is 2. The molecule has 256 valence electrons. The molecule has 0 amide bonds. The van der Waals surface area contributed by atoms with Crippen molar-refractivity contribution in [3.05, 3.63) is 71.5 Å². The van der Waals surface area contributed by atoms with E-state index in [9.17, 15) is 26.3 Å². The first-order valence-electron chi connectivity index (χ1n) is 15.8. The second kappa shape index (κ2) is 14.5. The Morgan fingerprint density at radius 1 is 0.809 bits per heavy atom. The predicted octanol–water partition coefficient (Wildman–Crippen LogP) is 6.94. The van der Waals surface area contributed by atoms with Crippen LogP contribution in [0, 0.1) is 5.92 Å². The summed E-state index contributed by atoms with van der Waals surface area (Å²) in [5.41, 5.74) is -0.599. The number of nitrogens with two attached hydrogens (primary N) is 1. The van der Waals surface area contributed by atoms with Crippen molar-refractivity contribution in [3.63, 3.8) is 0 Å². The third kappa shape index (κ3) is 8.58. The van der Waals surface area contributed by atoms with Gasteiger partial charge in [-0.25, -0.2) is 15.8 Å². The number of alkyl halides is 6. The van der Waals surface area contributed by atoms with Crippen LogP contribution in [0.5, 0.6) is 11.5 Å². The molecule has 2 atom stereocenters. The highest BCUT2D eigenvalue weighted by Crippen LogP contribution is 2.37. The molecule has 5 rings (SSSR count). The molecule has 0 radical (unpaired) electrons. The van der Waals surface area contributed by atoms with E-state index in [1.807, 2.05) is 32.0 Å². The van der Waals surface area contributed by atoms with Gasteiger partial charge in [0, 0.05) is 37.6 Å². The SMILES string of the molecule is CCOc1cc(CN2CCC(C3CC(N(N)c4ccc(C(F)(F)F)cn4)CCN3c3ccc(C(F)(F)F)cn3)CC2)cc(OCC)c1. The molecule has 8 nitrogen and oxygen atoms in total. The van der Waals surface area contributed by atoms with Gasteiger partial charge in [-0.1, -0.05) is 0 Å². The molecular formula is C33H40F6N6O2. The fourth-order valence-electron chi connectivity index (χ4n) is 6.55. The summed E-state index contributed by atoms with van der Waals surface area (Å²) in [4.78, 5) is 12.6. The van der Waals surface area contributed by atoms with Crippen LogP contribution in [-0.4, -0.2) is 59.8 Å². The van der Waals surface area contributed by atoms with E-state index in [2.05, 4.69) is 19.8 Å². The Balaban J connectivity index is 1.32. The third-order valence-electron chi connectivity index (χ3n) is 8.86. The molecule has 0 spiro atoms. The molecular weight excluding hydrogens is 626 g/mol. The van der Waals surface area contributed by atoms with Gasteiger partial charge >= 0.3 is 12.4 Å². The van der Waals surface area contributed by atoms with Gasteiger partial charge in [0.05, 0.1) is 30.4 Å². The Kier molecular flexibility index (Phi) is 10.7. The van der Waals surface area contributed by atoms with Gasteiger partial charge in [-0.2, -0.15) is 26.3 Å². The maximum absolute atomic E-state index is 13.3. The summed E-state index contributed by atoms with van der Waals surface area (Å²) < 4.78 is 90.6. The molecule has 14 heteroatoms. The third-order valence-corrected chi connectivity index (χ3v) is 8.86. The number of halogens is 6. The minimum atomic E-state index is -4.51. The van der Waals surface area contributed by atoms with Crippen molar-refractivity contribution >= 4 is 11.6 Å². The van der Waals surface area contributed by atoms with E-state index in [-0.39, 0.29) is 23.8 Å². The zero-order chi connectivity index (χ0) is 33.8. The number of hydrazine groups is 1. The lowest BCUT2D eigenvalue weighted by atomic mass is 9.81. The van der Waals surface area contributed by atoms with Gasteiger partial charge in [-0.3, -0.25) is 9.91 Å². The molecule has 2 aliphatic rings. The minimum absolute atomic E-state index is 0.105. The molecule has 47 heavy (non-hydrogen) atoms. The monoisotopic (exact) mass is 666 g/mol. The number of likely N-dealkylation sites (tertiary alicyclic amines) is 1. The van der Waals surface area contributed by atoms with Crippen LogP contribution < -0.4 is 25.2 Å². The first-order valence-corrected chi connectivity index (χ1v) is 15.8. The van der Waals surface area contributed by atoms with Crippen LogP contribution in [0.25, 0.3) is 0 Å². The van der Waals surface area contributed by atoms with Crippen LogP contribution >= 0.6 is 0 Å². The molecule has 1 aromatic carbocycles. The normalized spacial score (nSPS) is 19.9. The van der Waals surface area contributed by atoms with Crippen molar-refractivity contribution in [2.24, 2.45) is 11.8 Å². The van der Waals surface area contributed by atoms with Crippen LogP contribution in [0.1, 0.15) is 56.2 Å². The molecule has 3 aromatic rings. The summed E-state index contributed by atoms with van der Waals surface area (Å²) in [5, 5.41) is 1.42. The maximum Gasteiger partial charge on any atom is 0.417 e. The predicted molar refractivity (Wildman–Crippen MR) is 166 cm³/mol. The highest BCUT2D eigenvalue weighted by Gasteiger charge is 2.39. The summed E-state index contributed by atoms with van der Waals surface area (Å²) >= 11 is 0. The van der Waals surface area contributed by atoms with Gasteiger partial charge in [-0.05, 0) is 100 Å². The molecule has 2 saturated heterocycles. The van der Waals surface area contributed by atoms with Crippen LogP contribution in [0.4, 0.5) is 38.0 Å². The summed E-state index contributed by atoms with van der Waals surface area (Å²) in [6.45, 7) is 7.73. The average molecular weight is 667 g/mol. The Morgan fingerprint density at radius 3 is 1.91 bits per heavy atom. The van der Waals surface area contributed by atoms with E-state index in [1.54, 1.807) is 0 Å². The van der Waals surface area contributed by atoms with E-state index in [0.717, 1.165) is 67.5 Å². The number of hydrogen-bond donors (Lipinski definition) is 1. The molecule has 2 aromatic heterocycles. The van der Waals surface area contributed by atoms with Gasteiger partial charge in [0.2, 0.25) is 0 Å². The second-order valence-electron chi connectivity index (χ2n) is 11.9. The van der Waals surface area contributed by atoms with E-state index >= 15 is 0 Å². The Labute approximate surface area is 270 Å². The first-order chi connectivity index (χ1) is 22.4. The number of nitrogens with zero attached hydrogens (tertiary/aromatic N) is 5. The summed E-state index contributed by atoms with van der Waals surface area (Å²) in [6.07, 6.45) is -4.65. The van der Waals surface area contributed by atoms with E-state index < -0.39 is 23.5 Å². The lowest BCUT2D eigenvalue weighted by Gasteiger charge is -2.48. The Bertz CT molecular complexity index is 1420. The maximum atomic E-state index is 13.3. The average Bonchev–Trinajstić information content (AvgIpc) is 3.04. The number of benzene rings is 1. The van der Waals surface area contributed by atoms with Gasteiger partial charge in [0.25, 0.3) is 0 Å². The van der Waals surface area contributed by atoms with Crippen LogP contribution in [-0.2, 0) is 18.9 Å². The molecule has 0 saturated carbocycles. The lowest BCUT2D eigenvalue weighted by molar-refractivity contribution is -0.138. The van der Waals surface area contributed by atoms with Crippen LogP contribution in [0.2, 0.25) is 0 Å². The van der Waals surface area contributed by atoms with Crippen LogP contribution in [0.3, 0.4) is 0 Å². The quantitative estimate of drug-likeness (QED) is 0.142. The number of aromatic nitrogens is 2. The number of pyridine rings is 2. The molecule has 2 fully saturated rings. The van der Waals surface area contributed by atoms with E-state index in [4.69, 9.17) is 15.3 Å². The molecule has 0 aliphatic carbocycles. The highest BCUT2D eigenvalue weighted by atomic mass is 19.4. The second-order valence-corrected chi connectivity index (χ2v) is 11.9. The number of rotatable bonds is 10.